The van der Waals surface area contributed by atoms with Crippen molar-refractivity contribution in [1.29, 1.82) is 0 Å². The smallest absolute Gasteiger partial charge is 0.119 e. The summed E-state index contributed by atoms with van der Waals surface area (Å²) in [7, 11) is 0. The van der Waals surface area contributed by atoms with Crippen molar-refractivity contribution in [2.75, 3.05) is 0 Å². The molecule has 0 aromatic heterocycles. The molecule has 2 N–H and O–H groups in total. The standard InChI is InChI=1S/C4H8O4/c1-2(5)3(6)4(7)8/h2-3,5-6H,1H3,(H,7,8)/p-1/t2-,3+/m1/s1. The molecule has 0 aliphatic carbocycles. The third kappa shape index (κ3) is 1.90. The maximum Gasteiger partial charge on any atom is 0.119 e. The van der Waals surface area contributed by atoms with Crippen LogP contribution < -0.4 is 5.11 Å². The fourth-order valence-corrected chi connectivity index (χ4v) is 0.197. The van der Waals surface area contributed by atoms with E-state index in [1.807, 2.05) is 0 Å². The van der Waals surface area contributed by atoms with E-state index < -0.39 is 18.2 Å². The molecule has 0 aromatic carbocycles. The molecular formula is C4H7O4-. The van der Waals surface area contributed by atoms with Crippen LogP contribution in [0.25, 0.3) is 0 Å². The van der Waals surface area contributed by atoms with E-state index in [0.717, 1.165) is 0 Å². The largest absolute Gasteiger partial charge is 0.547 e. The van der Waals surface area contributed by atoms with Gasteiger partial charge in [-0.3, -0.25) is 0 Å². The van der Waals surface area contributed by atoms with Crippen LogP contribution >= 0.6 is 0 Å². The zero-order valence-electron chi connectivity index (χ0n) is 4.37. The minimum atomic E-state index is -1.77. The van der Waals surface area contributed by atoms with Crippen LogP contribution in [0.4, 0.5) is 0 Å². The minimum absolute atomic E-state index is 1.17. The van der Waals surface area contributed by atoms with Gasteiger partial charge in [-0.25, -0.2) is 0 Å². The maximum absolute atomic E-state index is 9.62. The summed E-state index contributed by atoms with van der Waals surface area (Å²) in [4.78, 5) is 9.62. The van der Waals surface area contributed by atoms with E-state index in [4.69, 9.17) is 10.2 Å². The van der Waals surface area contributed by atoms with Crippen LogP contribution in [0.3, 0.4) is 0 Å². The van der Waals surface area contributed by atoms with Gasteiger partial charge < -0.3 is 20.1 Å². The van der Waals surface area contributed by atoms with Gasteiger partial charge in [0.05, 0.1) is 12.1 Å². The van der Waals surface area contributed by atoms with Crippen molar-refractivity contribution in [3.05, 3.63) is 0 Å². The Labute approximate surface area is 46.4 Å². The lowest BCUT2D eigenvalue weighted by Gasteiger charge is -2.12. The number of carbonyl (C=O) groups excluding carboxylic acids is 1. The first-order valence-electron chi connectivity index (χ1n) is 2.12. The zero-order valence-corrected chi connectivity index (χ0v) is 4.37. The normalized spacial score (nSPS) is 17.4. The molecule has 0 radical (unpaired) electrons. The van der Waals surface area contributed by atoms with Gasteiger partial charge in [0.1, 0.15) is 6.10 Å². The van der Waals surface area contributed by atoms with Crippen molar-refractivity contribution in [2.45, 2.75) is 19.1 Å². The van der Waals surface area contributed by atoms with Gasteiger partial charge in [-0.05, 0) is 6.92 Å². The van der Waals surface area contributed by atoms with Gasteiger partial charge in [0.2, 0.25) is 0 Å². The Morgan fingerprint density at radius 2 is 2.00 bits per heavy atom. The van der Waals surface area contributed by atoms with Crippen molar-refractivity contribution >= 4 is 5.97 Å². The van der Waals surface area contributed by atoms with Gasteiger partial charge in [0.15, 0.2) is 0 Å². The molecule has 4 nitrogen and oxygen atoms in total. The van der Waals surface area contributed by atoms with E-state index in [2.05, 4.69) is 0 Å². The quantitative estimate of drug-likeness (QED) is 0.420. The predicted molar refractivity (Wildman–Crippen MR) is 22.7 cm³/mol. The number of rotatable bonds is 2. The van der Waals surface area contributed by atoms with Gasteiger partial charge in [-0.15, -0.1) is 0 Å². The van der Waals surface area contributed by atoms with Crippen molar-refractivity contribution in [1.82, 2.24) is 0 Å². The Morgan fingerprint density at radius 1 is 1.62 bits per heavy atom. The molecule has 0 saturated heterocycles. The highest BCUT2D eigenvalue weighted by atomic mass is 16.4. The second-order valence-electron chi connectivity index (χ2n) is 1.50. The van der Waals surface area contributed by atoms with E-state index in [1.54, 1.807) is 0 Å². The average Bonchev–Trinajstić information content (AvgIpc) is 1.64. The fraction of sp³-hybridized carbons (Fsp3) is 0.750. The lowest BCUT2D eigenvalue weighted by atomic mass is 10.2. The van der Waals surface area contributed by atoms with Crippen LogP contribution in [-0.4, -0.2) is 28.4 Å². The van der Waals surface area contributed by atoms with Crippen molar-refractivity contribution in [3.8, 4) is 0 Å². The van der Waals surface area contributed by atoms with Crippen LogP contribution in [0.1, 0.15) is 6.92 Å². The molecule has 0 amide bonds. The van der Waals surface area contributed by atoms with Crippen molar-refractivity contribution in [3.63, 3.8) is 0 Å². The Morgan fingerprint density at radius 3 is 2.00 bits per heavy atom. The van der Waals surface area contributed by atoms with E-state index in [1.165, 1.54) is 6.92 Å². The van der Waals surface area contributed by atoms with Crippen molar-refractivity contribution in [2.24, 2.45) is 0 Å². The molecular weight excluding hydrogens is 112 g/mol. The molecule has 2 atom stereocenters. The number of carbonyl (C=O) groups is 1. The van der Waals surface area contributed by atoms with E-state index >= 15 is 0 Å². The highest BCUT2D eigenvalue weighted by molar-refractivity contribution is 5.70. The number of aliphatic hydroxyl groups is 2. The van der Waals surface area contributed by atoms with Gasteiger partial charge in [-0.1, -0.05) is 0 Å². The van der Waals surface area contributed by atoms with Crippen LogP contribution in [0, 0.1) is 0 Å². The molecule has 4 heteroatoms. The third-order valence-corrected chi connectivity index (χ3v) is 0.698. The van der Waals surface area contributed by atoms with E-state index in [-0.39, 0.29) is 0 Å². The van der Waals surface area contributed by atoms with Gasteiger partial charge >= 0.3 is 0 Å². The first kappa shape index (κ1) is 7.39. The second-order valence-corrected chi connectivity index (χ2v) is 1.50. The summed E-state index contributed by atoms with van der Waals surface area (Å²) in [5.74, 6) is -1.65. The molecule has 0 aliphatic rings. The molecule has 0 unspecified atom stereocenters. The highest BCUT2D eigenvalue weighted by Crippen LogP contribution is 1.87. The molecule has 0 saturated carbocycles. The number of hydrogen-bond acceptors (Lipinski definition) is 4. The van der Waals surface area contributed by atoms with Crippen LogP contribution in [-0.2, 0) is 4.79 Å². The van der Waals surface area contributed by atoms with Crippen LogP contribution in [0.15, 0.2) is 0 Å². The predicted octanol–water partition coefficient (Wildman–Crippen LogP) is -2.52. The molecule has 48 valence electrons. The maximum atomic E-state index is 9.62. The average molecular weight is 119 g/mol. The first-order valence-corrected chi connectivity index (χ1v) is 2.12. The number of aliphatic carboxylic acids is 1. The Balaban J connectivity index is 3.64. The summed E-state index contributed by atoms with van der Waals surface area (Å²) in [6.07, 6.45) is -3.03. The van der Waals surface area contributed by atoms with E-state index in [9.17, 15) is 9.90 Å². The summed E-state index contributed by atoms with van der Waals surface area (Å²) in [6.45, 7) is 1.17. The molecule has 8 heavy (non-hydrogen) atoms. The van der Waals surface area contributed by atoms with Gasteiger partial charge in [0, 0.05) is 0 Å². The van der Waals surface area contributed by atoms with Gasteiger partial charge in [0.25, 0.3) is 0 Å². The van der Waals surface area contributed by atoms with Crippen LogP contribution in [0.2, 0.25) is 0 Å². The van der Waals surface area contributed by atoms with Gasteiger partial charge in [-0.2, -0.15) is 0 Å². The second kappa shape index (κ2) is 2.64. The Kier molecular flexibility index (Phi) is 2.44. The van der Waals surface area contributed by atoms with Crippen molar-refractivity contribution < 1.29 is 20.1 Å². The number of hydrogen-bond donors (Lipinski definition) is 2. The lowest BCUT2D eigenvalue weighted by Crippen LogP contribution is -2.42. The monoisotopic (exact) mass is 119 g/mol. The fourth-order valence-electron chi connectivity index (χ4n) is 0.197. The highest BCUT2D eigenvalue weighted by Gasteiger charge is 2.09. The Bertz CT molecular complexity index is 88.0. The summed E-state index contributed by atoms with van der Waals surface area (Å²) in [6, 6.07) is 0. The lowest BCUT2D eigenvalue weighted by molar-refractivity contribution is -0.317. The molecule has 0 rings (SSSR count). The molecule has 0 aliphatic heterocycles. The molecule has 0 aromatic rings. The number of aliphatic hydroxyl groups excluding tert-OH is 2. The Hall–Kier alpha value is -0.610. The summed E-state index contributed by atoms with van der Waals surface area (Å²) in [5, 5.41) is 26.2. The number of carboxylic acids is 1. The molecule has 0 bridgehead atoms. The van der Waals surface area contributed by atoms with E-state index in [0.29, 0.717) is 0 Å². The topological polar surface area (TPSA) is 80.6 Å². The number of carboxylic acid groups (broad SMARTS) is 1. The molecule has 0 spiro atoms. The third-order valence-electron chi connectivity index (χ3n) is 0.698. The molecule has 0 fully saturated rings. The SMILES string of the molecule is C[C@@H](O)[C@H](O)C(=O)[O-]. The summed E-state index contributed by atoms with van der Waals surface area (Å²) in [5.41, 5.74) is 0. The molecule has 0 heterocycles. The first-order chi connectivity index (χ1) is 3.55. The summed E-state index contributed by atoms with van der Waals surface area (Å²) < 4.78 is 0. The zero-order chi connectivity index (χ0) is 6.73. The summed E-state index contributed by atoms with van der Waals surface area (Å²) >= 11 is 0. The minimum Gasteiger partial charge on any atom is -0.547 e. The van der Waals surface area contributed by atoms with Crippen LogP contribution in [0.5, 0.6) is 0 Å².